The minimum atomic E-state index is 0.487. The first kappa shape index (κ1) is 11.4. The Balaban J connectivity index is 1.75. The maximum atomic E-state index is 6.03. The Morgan fingerprint density at radius 3 is 1.60 bits per heavy atom. The molecule has 2 aliphatic carbocycles. The van der Waals surface area contributed by atoms with Crippen LogP contribution in [0.25, 0.3) is 0 Å². The first-order valence-electron chi connectivity index (χ1n) is 6.75. The molecule has 4 N–H and O–H groups in total. The van der Waals surface area contributed by atoms with Crippen molar-refractivity contribution in [3.05, 3.63) is 0 Å². The van der Waals surface area contributed by atoms with Crippen LogP contribution in [0.4, 0.5) is 0 Å². The Labute approximate surface area is 93.8 Å². The lowest BCUT2D eigenvalue weighted by molar-refractivity contribution is 0.221. The fourth-order valence-electron chi connectivity index (χ4n) is 3.56. The predicted octanol–water partition coefficient (Wildman–Crippen LogP) is 2.41. The van der Waals surface area contributed by atoms with E-state index in [-0.39, 0.29) is 0 Å². The zero-order valence-corrected chi connectivity index (χ0v) is 9.83. The van der Waals surface area contributed by atoms with Crippen LogP contribution in [0.1, 0.15) is 57.8 Å². The molecule has 2 saturated carbocycles. The van der Waals surface area contributed by atoms with Crippen molar-refractivity contribution in [2.45, 2.75) is 69.9 Å². The molecular formula is C13H26N2. The Hall–Kier alpha value is -0.0800. The number of hydrogen-bond donors (Lipinski definition) is 2. The van der Waals surface area contributed by atoms with Crippen molar-refractivity contribution in [3.63, 3.8) is 0 Å². The number of rotatable bonds is 2. The van der Waals surface area contributed by atoms with E-state index in [1.165, 1.54) is 57.8 Å². The Bertz CT molecular complexity index is 173. The summed E-state index contributed by atoms with van der Waals surface area (Å²) in [6.45, 7) is 0. The summed E-state index contributed by atoms with van der Waals surface area (Å²) in [5, 5.41) is 0. The van der Waals surface area contributed by atoms with Crippen LogP contribution in [0.15, 0.2) is 0 Å². The minimum absolute atomic E-state index is 0.487. The van der Waals surface area contributed by atoms with Crippen LogP contribution in [0.5, 0.6) is 0 Å². The summed E-state index contributed by atoms with van der Waals surface area (Å²) >= 11 is 0. The van der Waals surface area contributed by atoms with Crippen LogP contribution >= 0.6 is 0 Å². The highest BCUT2D eigenvalue weighted by molar-refractivity contribution is 4.81. The van der Waals surface area contributed by atoms with Crippen LogP contribution in [0, 0.1) is 11.8 Å². The van der Waals surface area contributed by atoms with E-state index in [4.69, 9.17) is 11.5 Å². The van der Waals surface area contributed by atoms with Gasteiger partial charge >= 0.3 is 0 Å². The average Bonchev–Trinajstić information content (AvgIpc) is 2.17. The molecule has 2 fully saturated rings. The van der Waals surface area contributed by atoms with Gasteiger partial charge in [0.25, 0.3) is 0 Å². The lowest BCUT2D eigenvalue weighted by atomic mass is 9.75. The maximum absolute atomic E-state index is 6.03. The van der Waals surface area contributed by atoms with E-state index in [1.54, 1.807) is 0 Å². The molecule has 0 aromatic heterocycles. The Kier molecular flexibility index (Phi) is 4.04. The summed E-state index contributed by atoms with van der Waals surface area (Å²) in [5.41, 5.74) is 12.1. The van der Waals surface area contributed by atoms with Crippen molar-refractivity contribution in [3.8, 4) is 0 Å². The van der Waals surface area contributed by atoms with E-state index in [1.807, 2.05) is 0 Å². The van der Waals surface area contributed by atoms with Gasteiger partial charge in [-0.2, -0.15) is 0 Å². The lowest BCUT2D eigenvalue weighted by Gasteiger charge is -2.33. The van der Waals surface area contributed by atoms with Gasteiger partial charge < -0.3 is 11.5 Å². The van der Waals surface area contributed by atoms with Crippen LogP contribution in [-0.2, 0) is 0 Å². The second-order valence-corrected chi connectivity index (χ2v) is 5.82. The molecule has 0 bridgehead atoms. The predicted molar refractivity (Wildman–Crippen MR) is 64.5 cm³/mol. The van der Waals surface area contributed by atoms with Gasteiger partial charge in [0.2, 0.25) is 0 Å². The lowest BCUT2D eigenvalue weighted by Crippen LogP contribution is -2.32. The van der Waals surface area contributed by atoms with E-state index >= 15 is 0 Å². The van der Waals surface area contributed by atoms with E-state index in [0.717, 1.165) is 11.8 Å². The second kappa shape index (κ2) is 5.31. The van der Waals surface area contributed by atoms with Gasteiger partial charge in [-0.3, -0.25) is 0 Å². The zero-order valence-electron chi connectivity index (χ0n) is 9.83. The molecule has 0 aliphatic heterocycles. The summed E-state index contributed by atoms with van der Waals surface area (Å²) < 4.78 is 0. The third-order valence-electron chi connectivity index (χ3n) is 4.31. The van der Waals surface area contributed by atoms with Gasteiger partial charge in [0, 0.05) is 12.1 Å². The van der Waals surface area contributed by atoms with Gasteiger partial charge in [-0.15, -0.1) is 0 Å². The van der Waals surface area contributed by atoms with E-state index in [0.29, 0.717) is 12.1 Å². The van der Waals surface area contributed by atoms with Gasteiger partial charge in [0.05, 0.1) is 0 Å². The molecule has 0 unspecified atom stereocenters. The molecule has 0 amide bonds. The van der Waals surface area contributed by atoms with E-state index in [9.17, 15) is 0 Å². The smallest absolute Gasteiger partial charge is 0.00414 e. The van der Waals surface area contributed by atoms with Crippen LogP contribution in [0.3, 0.4) is 0 Å². The van der Waals surface area contributed by atoms with E-state index < -0.39 is 0 Å². The Morgan fingerprint density at radius 2 is 1.20 bits per heavy atom. The quantitative estimate of drug-likeness (QED) is 0.735. The number of nitrogens with two attached hydrogens (primary N) is 2. The number of hydrogen-bond acceptors (Lipinski definition) is 2. The summed E-state index contributed by atoms with van der Waals surface area (Å²) in [4.78, 5) is 0. The molecule has 0 heterocycles. The average molecular weight is 210 g/mol. The van der Waals surface area contributed by atoms with Gasteiger partial charge in [-0.05, 0) is 43.9 Å². The van der Waals surface area contributed by atoms with Crippen molar-refractivity contribution in [1.29, 1.82) is 0 Å². The first-order valence-corrected chi connectivity index (χ1v) is 6.75. The molecule has 0 aromatic carbocycles. The molecule has 4 atom stereocenters. The molecule has 0 spiro atoms. The van der Waals surface area contributed by atoms with Gasteiger partial charge in [-0.1, -0.05) is 25.7 Å². The Morgan fingerprint density at radius 1 is 0.733 bits per heavy atom. The third kappa shape index (κ3) is 3.46. The maximum Gasteiger partial charge on any atom is 0.00414 e. The van der Waals surface area contributed by atoms with Crippen LogP contribution < -0.4 is 11.5 Å². The molecular weight excluding hydrogens is 184 g/mol. The summed E-state index contributed by atoms with van der Waals surface area (Å²) in [5.74, 6) is 1.81. The third-order valence-corrected chi connectivity index (χ3v) is 4.31. The van der Waals surface area contributed by atoms with Crippen molar-refractivity contribution in [2.24, 2.45) is 23.3 Å². The van der Waals surface area contributed by atoms with Crippen LogP contribution in [-0.4, -0.2) is 12.1 Å². The first-order chi connectivity index (χ1) is 7.24. The highest BCUT2D eigenvalue weighted by atomic mass is 14.6. The molecule has 2 rings (SSSR count). The standard InChI is InChI=1S/C13H26N2/c14-12-5-1-3-10(8-12)7-11-4-2-6-13(15)9-11/h10-13H,1-9,14-15H2/t10-,11-,12-,13+/m0/s1. The molecule has 0 saturated heterocycles. The fourth-order valence-corrected chi connectivity index (χ4v) is 3.56. The monoisotopic (exact) mass is 210 g/mol. The second-order valence-electron chi connectivity index (χ2n) is 5.82. The summed E-state index contributed by atoms with van der Waals surface area (Å²) in [6.07, 6.45) is 12.0. The molecule has 2 aliphatic rings. The SMILES string of the molecule is N[C@@H]1CCC[C@@H](C[C@@H]2CCC[C@H](N)C2)C1. The molecule has 2 nitrogen and oxygen atoms in total. The topological polar surface area (TPSA) is 52.0 Å². The molecule has 2 heteroatoms. The fraction of sp³-hybridized carbons (Fsp3) is 1.00. The molecule has 0 radical (unpaired) electrons. The van der Waals surface area contributed by atoms with Crippen molar-refractivity contribution in [2.75, 3.05) is 0 Å². The summed E-state index contributed by atoms with van der Waals surface area (Å²) in [7, 11) is 0. The zero-order chi connectivity index (χ0) is 10.7. The van der Waals surface area contributed by atoms with Gasteiger partial charge in [0.1, 0.15) is 0 Å². The largest absolute Gasteiger partial charge is 0.328 e. The molecule has 0 aromatic rings. The highest BCUT2D eigenvalue weighted by Gasteiger charge is 2.25. The van der Waals surface area contributed by atoms with Crippen LogP contribution in [0.2, 0.25) is 0 Å². The molecule has 15 heavy (non-hydrogen) atoms. The van der Waals surface area contributed by atoms with Crippen molar-refractivity contribution < 1.29 is 0 Å². The van der Waals surface area contributed by atoms with Gasteiger partial charge in [0.15, 0.2) is 0 Å². The summed E-state index contributed by atoms with van der Waals surface area (Å²) in [6, 6.07) is 0.974. The normalized spacial score (nSPS) is 42.8. The van der Waals surface area contributed by atoms with E-state index in [2.05, 4.69) is 0 Å². The van der Waals surface area contributed by atoms with Crippen molar-refractivity contribution in [1.82, 2.24) is 0 Å². The minimum Gasteiger partial charge on any atom is -0.328 e. The van der Waals surface area contributed by atoms with Gasteiger partial charge in [-0.25, -0.2) is 0 Å². The molecule has 88 valence electrons. The highest BCUT2D eigenvalue weighted by Crippen LogP contribution is 2.34. The van der Waals surface area contributed by atoms with Crippen molar-refractivity contribution >= 4 is 0 Å².